The van der Waals surface area contributed by atoms with Gasteiger partial charge in [-0.15, -0.1) is 0 Å². The van der Waals surface area contributed by atoms with E-state index in [1.165, 1.54) is 162 Å². The number of rotatable bonds is 9. The number of ether oxygens (including phenoxy) is 1. The van der Waals surface area contributed by atoms with E-state index < -0.39 is 0 Å². The first kappa shape index (κ1) is 76.4. The summed E-state index contributed by atoms with van der Waals surface area (Å²) in [5.74, 6) is 3.24. The lowest BCUT2D eigenvalue weighted by molar-refractivity contribution is 0.387. The van der Waals surface area contributed by atoms with Crippen molar-refractivity contribution in [2.75, 3.05) is 7.11 Å². The van der Waals surface area contributed by atoms with Crippen LogP contribution in [0.4, 0.5) is 0 Å². The Hall–Kier alpha value is -11.7. The van der Waals surface area contributed by atoms with Crippen molar-refractivity contribution in [1.29, 1.82) is 0 Å². The van der Waals surface area contributed by atoms with E-state index in [1.807, 2.05) is 30.5 Å². The number of hydrogen-bond acceptors (Lipinski definition) is 2. The number of aromatic nitrogens is 6. The summed E-state index contributed by atoms with van der Waals surface area (Å²) in [5, 5.41) is 2.59. The molecule has 0 spiro atoms. The quantitative estimate of drug-likeness (QED) is 0.145. The smallest absolute Gasteiger partial charge is 0.201 e. The van der Waals surface area contributed by atoms with Crippen LogP contribution in [0.15, 0.2) is 284 Å². The average molecular weight is 1410 g/mol. The molecular weight excluding hydrogens is 1310 g/mol. The summed E-state index contributed by atoms with van der Waals surface area (Å²) in [6.07, 6.45) is 12.8. The summed E-state index contributed by atoms with van der Waals surface area (Å²) >= 11 is 0. The first-order chi connectivity index (χ1) is 51.4. The Morgan fingerprint density at radius 3 is 1.07 bits per heavy atom. The second-order valence-electron chi connectivity index (χ2n) is 29.5. The minimum Gasteiger partial charge on any atom is -0.482 e. The van der Waals surface area contributed by atoms with Crippen molar-refractivity contribution >= 4 is 21.8 Å². The van der Waals surface area contributed by atoms with Crippen LogP contribution < -0.4 is 4.74 Å². The van der Waals surface area contributed by atoms with Gasteiger partial charge in [0, 0.05) is 92.4 Å². The number of fused-ring (bicyclic) bond motifs is 3. The van der Waals surface area contributed by atoms with Gasteiger partial charge in [-0.05, 0) is 261 Å². The monoisotopic (exact) mass is 1410 g/mol. The highest BCUT2D eigenvalue weighted by atomic mass is 16.5. The predicted octanol–water partition coefficient (Wildman–Crippen LogP) is 26.3. The molecule has 0 aliphatic rings. The highest BCUT2D eigenvalue weighted by Gasteiger charge is 2.23. The van der Waals surface area contributed by atoms with Crippen LogP contribution in [0.25, 0.3) is 78.6 Å². The fraction of sp³-hybridized carbons (Fsp3) is 0.212. The molecule has 107 heavy (non-hydrogen) atoms. The minimum absolute atomic E-state index is 0.137. The van der Waals surface area contributed by atoms with Crippen LogP contribution in [0.5, 0.6) is 5.88 Å². The number of para-hydroxylation sites is 7. The fourth-order valence-corrected chi connectivity index (χ4v) is 14.4. The van der Waals surface area contributed by atoms with Crippen LogP contribution in [-0.4, -0.2) is 34.5 Å². The molecule has 7 aromatic heterocycles. The standard InChI is InChI=1S/C24H20N2.C21H23N.C18H17N.C13H15NO.C13H15N.C10H16O/c1-17-16-25(19-10-4-3-5-11-19)24(18(17)2)26-22-14-8-6-12-20(22)21-13-7-9-15-23(21)26;1-14-11-15(2)20(16(3)12-14)21-18(5)17(4)13-22(21)19-9-7-6-8-10-19;1-14-13-19(17-11-7-4-8-12-17)18(15(14)2)16-9-5-3-6-10-16;1-10-9-14(13(15-3)11(10)2)12-7-5-4-6-8-12;1-10-9-14(12(3)11(10)2)13-7-5-4-6-8-13;1-7-6-11-9(8(7)2)10(3,4)5/h3-16H,1-2H3;6-13H,1-5H3;3-13H,1-2H3;4-9H,1-3H3;4-9H,1-3H3;6H,1-5H3. The lowest BCUT2D eigenvalue weighted by Gasteiger charge is -2.16. The zero-order chi connectivity index (χ0) is 76.4. The molecule has 7 heterocycles. The fourth-order valence-electron chi connectivity index (χ4n) is 14.4. The first-order valence-corrected chi connectivity index (χ1v) is 37.3. The van der Waals surface area contributed by atoms with Crippen LogP contribution in [0.1, 0.15) is 116 Å². The molecule has 0 saturated heterocycles. The second kappa shape index (κ2) is 33.6. The van der Waals surface area contributed by atoms with E-state index in [0.717, 1.165) is 17.3 Å². The van der Waals surface area contributed by atoms with Gasteiger partial charge in [-0.2, -0.15) is 0 Å². The summed E-state index contributed by atoms with van der Waals surface area (Å²) < 4.78 is 24.5. The Morgan fingerprint density at radius 2 is 0.654 bits per heavy atom. The van der Waals surface area contributed by atoms with Gasteiger partial charge in [0.15, 0.2) is 0 Å². The number of hydrogen-bond donors (Lipinski definition) is 0. The van der Waals surface area contributed by atoms with Crippen molar-refractivity contribution in [2.45, 2.75) is 137 Å². The molecule has 0 unspecified atom stereocenters. The van der Waals surface area contributed by atoms with E-state index in [9.17, 15) is 0 Å². The average Bonchev–Trinajstić information content (AvgIpc) is 1.58. The van der Waals surface area contributed by atoms with Gasteiger partial charge in [0.25, 0.3) is 0 Å². The largest absolute Gasteiger partial charge is 0.482 e. The SMILES string of the molecule is COc1c(C)c(C)cn1-c1ccccc1.Cc1cc(C)c(-c2c(C)c(C)cn2-c2ccccc2)c(C)c1.Cc1cn(-c2ccccc2)c(-c2ccccc2)c1C.Cc1cn(-c2ccccc2)c(-n2c3ccccc3c3ccccc32)c1C.Cc1cn(-c2ccccc2)c(C)c1C.Cc1coc(C(C)(C)C)c1C. The van der Waals surface area contributed by atoms with Crippen LogP contribution >= 0.6 is 0 Å². The molecule has 16 rings (SSSR count). The van der Waals surface area contributed by atoms with E-state index in [4.69, 9.17) is 9.15 Å². The van der Waals surface area contributed by atoms with Crippen molar-refractivity contribution in [1.82, 2.24) is 27.4 Å². The van der Waals surface area contributed by atoms with Crippen molar-refractivity contribution in [3.8, 4) is 62.6 Å². The van der Waals surface area contributed by atoms with Crippen molar-refractivity contribution in [2.24, 2.45) is 0 Å². The second-order valence-corrected chi connectivity index (χ2v) is 29.5. The molecule has 544 valence electrons. The van der Waals surface area contributed by atoms with Gasteiger partial charge >= 0.3 is 0 Å². The Labute approximate surface area is 636 Å². The molecule has 0 bridgehead atoms. The van der Waals surface area contributed by atoms with Gasteiger partial charge in [0.2, 0.25) is 5.88 Å². The molecule has 0 aliphatic carbocycles. The van der Waals surface area contributed by atoms with Gasteiger partial charge in [-0.25, -0.2) is 0 Å². The van der Waals surface area contributed by atoms with Gasteiger partial charge in [-0.1, -0.05) is 196 Å². The molecule has 9 aromatic carbocycles. The van der Waals surface area contributed by atoms with E-state index >= 15 is 0 Å². The maximum absolute atomic E-state index is 5.46. The molecule has 0 aliphatic heterocycles. The Morgan fingerprint density at radius 1 is 0.308 bits per heavy atom. The van der Waals surface area contributed by atoms with Crippen molar-refractivity contribution in [3.63, 3.8) is 0 Å². The van der Waals surface area contributed by atoms with Crippen molar-refractivity contribution in [3.05, 3.63) is 375 Å². The number of aryl methyl sites for hydroxylation is 9. The molecule has 8 heteroatoms. The summed E-state index contributed by atoms with van der Waals surface area (Å²) in [7, 11) is 1.71. The lowest BCUT2D eigenvalue weighted by Crippen LogP contribution is -2.11. The lowest BCUT2D eigenvalue weighted by atomic mass is 9.90. The van der Waals surface area contributed by atoms with Gasteiger partial charge in [0.1, 0.15) is 11.6 Å². The number of furan rings is 1. The molecule has 0 saturated carbocycles. The summed E-state index contributed by atoms with van der Waals surface area (Å²) in [4.78, 5) is 0. The van der Waals surface area contributed by atoms with Crippen LogP contribution in [0, 0.1) is 111 Å². The zero-order valence-corrected chi connectivity index (χ0v) is 66.6. The zero-order valence-electron chi connectivity index (χ0n) is 66.6. The third-order valence-electron chi connectivity index (χ3n) is 20.9. The van der Waals surface area contributed by atoms with Crippen molar-refractivity contribution < 1.29 is 9.15 Å². The summed E-state index contributed by atoms with van der Waals surface area (Å²) in [6, 6.07) is 84.8. The van der Waals surface area contributed by atoms with Crippen LogP contribution in [-0.2, 0) is 5.41 Å². The molecule has 0 N–H and O–H groups in total. The molecule has 0 atom stereocenters. The van der Waals surface area contributed by atoms with Gasteiger partial charge in [0.05, 0.1) is 35.8 Å². The number of benzene rings is 9. The highest BCUT2D eigenvalue weighted by molar-refractivity contribution is 6.09. The third kappa shape index (κ3) is 16.7. The molecular formula is C99H106N6O2. The number of nitrogens with zero attached hydrogens (tertiary/aromatic N) is 6. The molecule has 8 nitrogen and oxygen atoms in total. The maximum Gasteiger partial charge on any atom is 0.201 e. The molecule has 0 fully saturated rings. The van der Waals surface area contributed by atoms with E-state index in [2.05, 4.69) is 408 Å². The number of methoxy groups -OCH3 is 1. The third-order valence-corrected chi connectivity index (χ3v) is 20.9. The molecule has 0 radical (unpaired) electrons. The van der Waals surface area contributed by atoms with E-state index in [1.54, 1.807) is 7.11 Å². The van der Waals surface area contributed by atoms with E-state index in [0.29, 0.717) is 0 Å². The minimum atomic E-state index is 0.137. The van der Waals surface area contributed by atoms with Gasteiger partial charge in [-0.3, -0.25) is 9.13 Å². The first-order valence-electron chi connectivity index (χ1n) is 37.3. The summed E-state index contributed by atoms with van der Waals surface area (Å²) in [5.41, 5.74) is 34.8. The molecule has 16 aromatic rings. The maximum atomic E-state index is 5.46. The molecule has 0 amide bonds. The predicted molar refractivity (Wildman–Crippen MR) is 454 cm³/mol. The highest BCUT2D eigenvalue weighted by Crippen LogP contribution is 2.39. The Bertz CT molecular complexity index is 5550. The van der Waals surface area contributed by atoms with Gasteiger partial charge < -0.3 is 27.4 Å². The Kier molecular flexibility index (Phi) is 24.0. The summed E-state index contributed by atoms with van der Waals surface area (Å²) in [6.45, 7) is 41.1. The van der Waals surface area contributed by atoms with Crippen LogP contribution in [0.2, 0.25) is 0 Å². The van der Waals surface area contributed by atoms with Crippen LogP contribution in [0.3, 0.4) is 0 Å². The normalized spacial score (nSPS) is 11.0. The topological polar surface area (TPSA) is 51.9 Å². The Balaban J connectivity index is 0.000000131. The van der Waals surface area contributed by atoms with E-state index in [-0.39, 0.29) is 5.41 Å².